The summed E-state index contributed by atoms with van der Waals surface area (Å²) in [5.41, 5.74) is 6.68. The molecule has 1 aliphatic rings. The largest absolute Gasteiger partial charge is 0.338 e. The Morgan fingerprint density at radius 2 is 2.04 bits per heavy atom. The number of carbonyl (C=O) groups excluding carboxylic acids is 1. The van der Waals surface area contributed by atoms with Crippen molar-refractivity contribution in [3.8, 4) is 0 Å². The Kier molecular flexibility index (Phi) is 7.35. The molecule has 1 amide bonds. The minimum Gasteiger partial charge on any atom is -0.338 e. The lowest BCUT2D eigenvalue weighted by atomic mass is 9.80. The number of nitrogens with zero attached hydrogens (tertiary/aromatic N) is 2. The van der Waals surface area contributed by atoms with Crippen LogP contribution in [0, 0.1) is 17.0 Å². The zero-order valence-electron chi connectivity index (χ0n) is 15.3. The van der Waals surface area contributed by atoms with Crippen molar-refractivity contribution in [1.29, 1.82) is 0 Å². The number of hydrogen-bond acceptors (Lipinski definition) is 3. The van der Waals surface area contributed by atoms with E-state index >= 15 is 0 Å². The van der Waals surface area contributed by atoms with Crippen LogP contribution in [0.2, 0.25) is 0 Å². The van der Waals surface area contributed by atoms with E-state index in [9.17, 15) is 13.6 Å². The Bertz CT molecular complexity index is 612. The van der Waals surface area contributed by atoms with E-state index in [4.69, 9.17) is 5.73 Å². The van der Waals surface area contributed by atoms with Gasteiger partial charge in [-0.1, -0.05) is 19.9 Å². The lowest BCUT2D eigenvalue weighted by Crippen LogP contribution is -2.54. The molecule has 1 aromatic rings. The molecular weight excluding hydrogens is 348 g/mol. The number of likely N-dealkylation sites (N-methyl/N-ethyl adjacent to an activating group) is 1. The third kappa shape index (κ3) is 5.12. The number of carbonyl (C=O) groups is 1. The second kappa shape index (κ2) is 8.43. The van der Waals surface area contributed by atoms with Crippen molar-refractivity contribution in [2.75, 3.05) is 26.7 Å². The molecule has 1 heterocycles. The minimum atomic E-state index is -0.896. The molecule has 0 aromatic heterocycles. The highest BCUT2D eigenvalue weighted by molar-refractivity contribution is 5.85. The number of hydrogen-bond donors (Lipinski definition) is 1. The van der Waals surface area contributed by atoms with Gasteiger partial charge in [0.2, 0.25) is 5.91 Å². The van der Waals surface area contributed by atoms with Gasteiger partial charge in [-0.05, 0) is 36.5 Å². The summed E-state index contributed by atoms with van der Waals surface area (Å²) in [4.78, 5) is 16.2. The molecule has 1 aliphatic heterocycles. The molecule has 1 aromatic carbocycles. The molecule has 0 aliphatic carbocycles. The van der Waals surface area contributed by atoms with E-state index in [0.29, 0.717) is 12.1 Å². The Balaban J connectivity index is 0.00000312. The summed E-state index contributed by atoms with van der Waals surface area (Å²) in [6.07, 6.45) is 0.864. The maximum atomic E-state index is 13.4. The summed E-state index contributed by atoms with van der Waals surface area (Å²) >= 11 is 0. The first-order valence-electron chi connectivity index (χ1n) is 8.30. The van der Waals surface area contributed by atoms with Crippen LogP contribution in [0.1, 0.15) is 38.8 Å². The van der Waals surface area contributed by atoms with E-state index in [0.717, 1.165) is 31.6 Å². The van der Waals surface area contributed by atoms with Crippen molar-refractivity contribution in [2.45, 2.75) is 39.3 Å². The molecule has 2 rings (SSSR count). The summed E-state index contributed by atoms with van der Waals surface area (Å²) in [7, 11) is 1.69. The van der Waals surface area contributed by atoms with Crippen molar-refractivity contribution in [2.24, 2.45) is 11.1 Å². The average molecular weight is 376 g/mol. The highest BCUT2D eigenvalue weighted by Crippen LogP contribution is 2.28. The van der Waals surface area contributed by atoms with Gasteiger partial charge < -0.3 is 10.6 Å². The number of rotatable bonds is 4. The normalized spacial score (nSPS) is 21.3. The summed E-state index contributed by atoms with van der Waals surface area (Å²) in [6.45, 7) is 7.90. The molecular formula is C18H28ClF2N3O. The zero-order chi connectivity index (χ0) is 18.1. The first kappa shape index (κ1) is 21.8. The maximum absolute atomic E-state index is 13.4. The smallest absolute Gasteiger partial charge is 0.236 e. The van der Waals surface area contributed by atoms with Gasteiger partial charge in [-0.2, -0.15) is 0 Å². The number of halogens is 3. The summed E-state index contributed by atoms with van der Waals surface area (Å²) in [5.74, 6) is -1.82. The molecule has 1 saturated heterocycles. The van der Waals surface area contributed by atoms with Crippen LogP contribution in [0.3, 0.4) is 0 Å². The first-order chi connectivity index (χ1) is 11.1. The SMILES string of the molecule is CC(c1ccc(F)c(F)c1)N(C)C(=O)CN1CCC(N)C(C)(C)C1.Cl. The second-order valence-corrected chi connectivity index (χ2v) is 7.45. The van der Waals surface area contributed by atoms with Gasteiger partial charge in [0.25, 0.3) is 0 Å². The maximum Gasteiger partial charge on any atom is 0.236 e. The third-order valence-electron chi connectivity index (χ3n) is 5.15. The van der Waals surface area contributed by atoms with Crippen LogP contribution in [0.15, 0.2) is 18.2 Å². The average Bonchev–Trinajstić information content (AvgIpc) is 2.51. The minimum absolute atomic E-state index is 0. The quantitative estimate of drug-likeness (QED) is 0.880. The van der Waals surface area contributed by atoms with Gasteiger partial charge in [0.1, 0.15) is 0 Å². The van der Waals surface area contributed by atoms with Gasteiger partial charge in [0.15, 0.2) is 11.6 Å². The van der Waals surface area contributed by atoms with Gasteiger partial charge >= 0.3 is 0 Å². The number of piperidine rings is 1. The van der Waals surface area contributed by atoms with Crippen molar-refractivity contribution < 1.29 is 13.6 Å². The van der Waals surface area contributed by atoms with Crippen molar-refractivity contribution >= 4 is 18.3 Å². The molecule has 7 heteroatoms. The van der Waals surface area contributed by atoms with Crippen molar-refractivity contribution in [3.63, 3.8) is 0 Å². The number of amides is 1. The van der Waals surface area contributed by atoms with E-state index in [-0.39, 0.29) is 35.8 Å². The first-order valence-corrected chi connectivity index (χ1v) is 8.30. The van der Waals surface area contributed by atoms with E-state index in [2.05, 4.69) is 18.7 Å². The van der Waals surface area contributed by atoms with Crippen LogP contribution < -0.4 is 5.73 Å². The predicted molar refractivity (Wildman–Crippen MR) is 97.6 cm³/mol. The zero-order valence-corrected chi connectivity index (χ0v) is 16.1. The van der Waals surface area contributed by atoms with E-state index in [1.165, 1.54) is 6.07 Å². The number of benzene rings is 1. The van der Waals surface area contributed by atoms with Crippen LogP contribution in [0.4, 0.5) is 8.78 Å². The predicted octanol–water partition coefficient (Wildman–Crippen LogP) is 2.97. The van der Waals surface area contributed by atoms with Crippen LogP contribution in [0.25, 0.3) is 0 Å². The molecule has 142 valence electrons. The molecule has 0 radical (unpaired) electrons. The summed E-state index contributed by atoms with van der Waals surface area (Å²) < 4.78 is 26.5. The van der Waals surface area contributed by atoms with Crippen LogP contribution in [-0.4, -0.2) is 48.4 Å². The van der Waals surface area contributed by atoms with E-state index in [1.807, 2.05) is 0 Å². The molecule has 4 nitrogen and oxygen atoms in total. The van der Waals surface area contributed by atoms with Crippen LogP contribution >= 0.6 is 12.4 Å². The highest BCUT2D eigenvalue weighted by Gasteiger charge is 2.34. The van der Waals surface area contributed by atoms with Gasteiger partial charge in [-0.25, -0.2) is 8.78 Å². The molecule has 2 N–H and O–H groups in total. The van der Waals surface area contributed by atoms with E-state index < -0.39 is 11.6 Å². The van der Waals surface area contributed by atoms with Crippen LogP contribution in [-0.2, 0) is 4.79 Å². The van der Waals surface area contributed by atoms with Gasteiger partial charge in [-0.15, -0.1) is 12.4 Å². The summed E-state index contributed by atoms with van der Waals surface area (Å²) in [5, 5.41) is 0. The van der Waals surface area contributed by atoms with Gasteiger partial charge in [0, 0.05) is 26.2 Å². The summed E-state index contributed by atoms with van der Waals surface area (Å²) in [6, 6.07) is 3.56. The van der Waals surface area contributed by atoms with Crippen molar-refractivity contribution in [3.05, 3.63) is 35.4 Å². The Labute approximate surface area is 154 Å². The highest BCUT2D eigenvalue weighted by atomic mass is 35.5. The monoisotopic (exact) mass is 375 g/mol. The van der Waals surface area contributed by atoms with Gasteiger partial charge in [0.05, 0.1) is 12.6 Å². The topological polar surface area (TPSA) is 49.6 Å². The second-order valence-electron chi connectivity index (χ2n) is 7.45. The molecule has 25 heavy (non-hydrogen) atoms. The molecule has 0 bridgehead atoms. The Hall–Kier alpha value is -1.24. The Morgan fingerprint density at radius 1 is 1.40 bits per heavy atom. The number of nitrogens with two attached hydrogens (primary N) is 1. The lowest BCUT2D eigenvalue weighted by molar-refractivity contribution is -0.133. The fourth-order valence-corrected chi connectivity index (χ4v) is 3.13. The molecule has 1 fully saturated rings. The fourth-order valence-electron chi connectivity index (χ4n) is 3.13. The molecule has 2 atom stereocenters. The van der Waals surface area contributed by atoms with E-state index in [1.54, 1.807) is 18.9 Å². The standard InChI is InChI=1S/C18H27F2N3O.ClH/c1-12(13-5-6-14(19)15(20)9-13)22(4)17(24)10-23-8-7-16(21)18(2,3)11-23;/h5-6,9,12,16H,7-8,10-11,21H2,1-4H3;1H. The molecule has 0 saturated carbocycles. The lowest BCUT2D eigenvalue weighted by Gasteiger charge is -2.42. The van der Waals surface area contributed by atoms with Gasteiger partial charge in [-0.3, -0.25) is 9.69 Å². The Morgan fingerprint density at radius 3 is 2.60 bits per heavy atom. The fraction of sp³-hybridized carbons (Fsp3) is 0.611. The molecule has 2 unspecified atom stereocenters. The third-order valence-corrected chi connectivity index (χ3v) is 5.15. The van der Waals surface area contributed by atoms with Crippen LogP contribution in [0.5, 0.6) is 0 Å². The number of likely N-dealkylation sites (tertiary alicyclic amines) is 1. The van der Waals surface area contributed by atoms with Crippen molar-refractivity contribution in [1.82, 2.24) is 9.80 Å². The molecule has 0 spiro atoms.